The van der Waals surface area contributed by atoms with E-state index in [2.05, 4.69) is 19.7 Å². The van der Waals surface area contributed by atoms with Crippen LogP contribution >= 0.6 is 0 Å². The summed E-state index contributed by atoms with van der Waals surface area (Å²) >= 11 is 0. The van der Waals surface area contributed by atoms with E-state index < -0.39 is 16.0 Å². The molecule has 2 heterocycles. The Hall–Kier alpha value is -4.19. The highest BCUT2D eigenvalue weighted by Crippen LogP contribution is 2.27. The van der Waals surface area contributed by atoms with Crippen LogP contribution in [0.1, 0.15) is 22.3 Å². The lowest BCUT2D eigenvalue weighted by Gasteiger charge is -2.13. The lowest BCUT2D eigenvalue weighted by atomic mass is 10.2. The number of fused-ring (bicyclic) bond motifs is 1. The van der Waals surface area contributed by atoms with Gasteiger partial charge < -0.3 is 19.8 Å². The number of nitrogens with zero attached hydrogens (tertiary/aromatic N) is 4. The minimum Gasteiger partial charge on any atom is -0.495 e. The number of methoxy groups -OCH3 is 1. The van der Waals surface area contributed by atoms with Gasteiger partial charge >= 0.3 is 5.97 Å². The van der Waals surface area contributed by atoms with Crippen LogP contribution in [0, 0.1) is 6.92 Å². The first-order valence-corrected chi connectivity index (χ1v) is 12.1. The van der Waals surface area contributed by atoms with Crippen molar-refractivity contribution < 1.29 is 22.7 Å². The van der Waals surface area contributed by atoms with Gasteiger partial charge in [0.1, 0.15) is 22.5 Å². The first-order chi connectivity index (χ1) is 16.8. The largest absolute Gasteiger partial charge is 0.495 e. The van der Waals surface area contributed by atoms with E-state index in [0.717, 1.165) is 5.56 Å². The quantitative estimate of drug-likeness (QED) is 0.263. The number of esters is 1. The van der Waals surface area contributed by atoms with Gasteiger partial charge in [-0.1, -0.05) is 17.7 Å². The first kappa shape index (κ1) is 24.0. The molecular weight excluding hydrogens is 472 g/mol. The minimum atomic E-state index is -4.02. The van der Waals surface area contributed by atoms with Crippen molar-refractivity contribution in [2.45, 2.75) is 24.8 Å². The van der Waals surface area contributed by atoms with Crippen LogP contribution in [0.2, 0.25) is 0 Å². The first-order valence-electron chi connectivity index (χ1n) is 10.6. The molecule has 0 aliphatic carbocycles. The second-order valence-corrected chi connectivity index (χ2v) is 9.35. The third kappa shape index (κ3) is 5.32. The molecule has 0 atom stereocenters. The molecule has 3 N–H and O–H groups in total. The van der Waals surface area contributed by atoms with Crippen LogP contribution in [0.15, 0.2) is 60.0 Å². The van der Waals surface area contributed by atoms with E-state index in [1.165, 1.54) is 31.6 Å². The molecule has 11 nitrogen and oxygen atoms in total. The van der Waals surface area contributed by atoms with Gasteiger partial charge in [0, 0.05) is 12.2 Å². The summed E-state index contributed by atoms with van der Waals surface area (Å²) in [4.78, 5) is 24.7. The van der Waals surface area contributed by atoms with Crippen molar-refractivity contribution in [3.8, 4) is 5.75 Å². The van der Waals surface area contributed by atoms with Crippen LogP contribution in [-0.2, 0) is 21.3 Å². The maximum Gasteiger partial charge on any atom is 0.338 e. The van der Waals surface area contributed by atoms with Gasteiger partial charge in [-0.15, -0.1) is 0 Å². The lowest BCUT2D eigenvalue weighted by Crippen LogP contribution is -2.16. The van der Waals surface area contributed by atoms with Gasteiger partial charge in [-0.25, -0.2) is 28.2 Å². The molecule has 0 bridgehead atoms. The second kappa shape index (κ2) is 9.97. The molecule has 0 fully saturated rings. The third-order valence-corrected chi connectivity index (χ3v) is 6.60. The van der Waals surface area contributed by atoms with E-state index in [1.54, 1.807) is 35.2 Å². The van der Waals surface area contributed by atoms with Gasteiger partial charge in [-0.05, 0) is 43.7 Å². The summed E-state index contributed by atoms with van der Waals surface area (Å²) in [6.07, 6.45) is 3.44. The number of carbonyl (C=O) groups excluding carboxylic acids is 1. The summed E-state index contributed by atoms with van der Waals surface area (Å²) < 4.78 is 40.8. The average Bonchev–Trinajstić information content (AvgIpc) is 3.27. The number of hydrogen-bond acceptors (Lipinski definition) is 9. The monoisotopic (exact) mass is 496 g/mol. The highest BCUT2D eigenvalue weighted by Gasteiger charge is 2.22. The van der Waals surface area contributed by atoms with E-state index in [9.17, 15) is 13.2 Å². The summed E-state index contributed by atoms with van der Waals surface area (Å²) in [7, 11) is -2.66. The number of imidazole rings is 1. The normalized spacial score (nSPS) is 11.4. The van der Waals surface area contributed by atoms with Crippen molar-refractivity contribution in [2.75, 3.05) is 24.2 Å². The van der Waals surface area contributed by atoms with Crippen molar-refractivity contribution in [2.24, 2.45) is 0 Å². The Labute approximate surface area is 202 Å². The number of rotatable bonds is 9. The average molecular weight is 497 g/mol. The van der Waals surface area contributed by atoms with E-state index in [4.69, 9.17) is 15.2 Å². The number of anilines is 2. The van der Waals surface area contributed by atoms with E-state index in [-0.39, 0.29) is 22.8 Å². The van der Waals surface area contributed by atoms with Crippen LogP contribution in [0.5, 0.6) is 5.75 Å². The van der Waals surface area contributed by atoms with Crippen molar-refractivity contribution >= 4 is 38.7 Å². The predicted molar refractivity (Wildman–Crippen MR) is 130 cm³/mol. The molecule has 0 saturated carbocycles. The number of hydrogen-bond donors (Lipinski definition) is 2. The van der Waals surface area contributed by atoms with Crippen LogP contribution in [-0.4, -0.2) is 47.6 Å². The molecule has 0 unspecified atom stereocenters. The Balaban J connectivity index is 1.42. The van der Waals surface area contributed by atoms with Gasteiger partial charge in [-0.2, -0.15) is 0 Å². The molecule has 12 heteroatoms. The molecule has 0 radical (unpaired) electrons. The van der Waals surface area contributed by atoms with E-state index >= 15 is 0 Å². The standard InChI is InChI=1S/C23H24N6O5S/c1-15-4-7-17(8-5-15)28-35(31,32)19-12-16(6-9-18(19)33-2)23(30)34-11-3-10-29-14-27-20-21(24)25-13-26-22(20)29/h4-9,12-14,28H,3,10-11H2,1-2H3,(H2,24,25,26). The number of aromatic nitrogens is 4. The van der Waals surface area contributed by atoms with Gasteiger partial charge in [-0.3, -0.25) is 4.72 Å². The Bertz CT molecular complexity index is 1470. The summed E-state index contributed by atoms with van der Waals surface area (Å²) in [5.41, 5.74) is 8.37. The maximum absolute atomic E-state index is 13.0. The maximum atomic E-state index is 13.0. The number of nitrogens with one attached hydrogen (secondary N) is 1. The van der Waals surface area contributed by atoms with Crippen LogP contribution in [0.4, 0.5) is 11.5 Å². The van der Waals surface area contributed by atoms with Gasteiger partial charge in [0.05, 0.1) is 25.6 Å². The van der Waals surface area contributed by atoms with E-state index in [1.807, 2.05) is 6.92 Å². The molecule has 0 spiro atoms. The topological polar surface area (TPSA) is 151 Å². The fraction of sp³-hybridized carbons (Fsp3) is 0.217. The number of carbonyl (C=O) groups is 1. The number of benzene rings is 2. The molecular formula is C23H24N6O5S. The van der Waals surface area contributed by atoms with Crippen LogP contribution in [0.25, 0.3) is 11.2 Å². The molecule has 2 aromatic heterocycles. The molecule has 182 valence electrons. The summed E-state index contributed by atoms with van der Waals surface area (Å²) in [5.74, 6) is -0.252. The predicted octanol–water partition coefficient (Wildman–Crippen LogP) is 2.77. The van der Waals surface area contributed by atoms with Gasteiger partial charge in [0.15, 0.2) is 11.5 Å². The fourth-order valence-corrected chi connectivity index (χ4v) is 4.65. The Morgan fingerprint density at radius 2 is 1.89 bits per heavy atom. The summed E-state index contributed by atoms with van der Waals surface area (Å²) in [6.45, 7) is 2.50. The SMILES string of the molecule is COc1ccc(C(=O)OCCCn2cnc3c(N)ncnc32)cc1S(=O)(=O)Nc1ccc(C)cc1. The Kier molecular flexibility index (Phi) is 6.82. The molecule has 0 amide bonds. The summed E-state index contributed by atoms with van der Waals surface area (Å²) in [6, 6.07) is 11.0. The fourth-order valence-electron chi connectivity index (χ4n) is 3.39. The van der Waals surface area contributed by atoms with Gasteiger partial charge in [0.25, 0.3) is 10.0 Å². The van der Waals surface area contributed by atoms with E-state index in [0.29, 0.717) is 35.6 Å². The van der Waals surface area contributed by atoms with Gasteiger partial charge in [0.2, 0.25) is 0 Å². The number of sulfonamides is 1. The van der Waals surface area contributed by atoms with Crippen molar-refractivity contribution in [1.82, 2.24) is 19.5 Å². The number of nitrogen functional groups attached to an aromatic ring is 1. The molecule has 4 rings (SSSR count). The summed E-state index contributed by atoms with van der Waals surface area (Å²) in [5, 5.41) is 0. The number of aryl methyl sites for hydroxylation is 2. The number of nitrogens with two attached hydrogens (primary N) is 1. The Morgan fingerprint density at radius 1 is 1.11 bits per heavy atom. The molecule has 2 aromatic carbocycles. The smallest absolute Gasteiger partial charge is 0.338 e. The highest BCUT2D eigenvalue weighted by molar-refractivity contribution is 7.92. The van der Waals surface area contributed by atoms with Crippen LogP contribution in [0.3, 0.4) is 0 Å². The molecule has 35 heavy (non-hydrogen) atoms. The molecule has 0 aliphatic heterocycles. The zero-order valence-corrected chi connectivity index (χ0v) is 19.9. The number of ether oxygens (including phenoxy) is 2. The zero-order chi connectivity index (χ0) is 25.0. The molecule has 0 saturated heterocycles. The lowest BCUT2D eigenvalue weighted by molar-refractivity contribution is 0.0496. The van der Waals surface area contributed by atoms with Crippen molar-refractivity contribution in [3.63, 3.8) is 0 Å². The molecule has 4 aromatic rings. The molecule has 0 aliphatic rings. The minimum absolute atomic E-state index is 0.0867. The van der Waals surface area contributed by atoms with Crippen molar-refractivity contribution in [3.05, 3.63) is 66.2 Å². The second-order valence-electron chi connectivity index (χ2n) is 7.70. The van der Waals surface area contributed by atoms with Crippen LogP contribution < -0.4 is 15.2 Å². The zero-order valence-electron chi connectivity index (χ0n) is 19.1. The highest BCUT2D eigenvalue weighted by atomic mass is 32.2. The Morgan fingerprint density at radius 3 is 2.63 bits per heavy atom. The van der Waals surface area contributed by atoms with Crippen molar-refractivity contribution in [1.29, 1.82) is 0 Å². The third-order valence-electron chi connectivity index (χ3n) is 5.20.